The summed E-state index contributed by atoms with van der Waals surface area (Å²) in [6.07, 6.45) is 12.5. The van der Waals surface area contributed by atoms with E-state index in [2.05, 4.69) is 26.2 Å². The molecule has 2 atom stereocenters. The van der Waals surface area contributed by atoms with Gasteiger partial charge in [-0.05, 0) is 26.8 Å². The number of nitrogens with one attached hydrogen (secondary N) is 1. The van der Waals surface area contributed by atoms with Gasteiger partial charge in [-0.2, -0.15) is 0 Å². The van der Waals surface area contributed by atoms with Crippen molar-refractivity contribution in [3.05, 3.63) is 0 Å². The molecule has 2 nitrogen and oxygen atoms in total. The Kier molecular flexibility index (Phi) is 12.3. The van der Waals surface area contributed by atoms with Crippen molar-refractivity contribution in [3.63, 3.8) is 0 Å². The van der Waals surface area contributed by atoms with E-state index in [9.17, 15) is 0 Å². The number of methoxy groups -OCH3 is 1. The van der Waals surface area contributed by atoms with E-state index >= 15 is 0 Å². The highest BCUT2D eigenvalue weighted by molar-refractivity contribution is 4.68. The van der Waals surface area contributed by atoms with E-state index in [1.165, 1.54) is 51.4 Å². The Morgan fingerprint density at radius 3 is 2.12 bits per heavy atom. The van der Waals surface area contributed by atoms with Gasteiger partial charge in [0, 0.05) is 13.2 Å². The zero-order valence-corrected chi connectivity index (χ0v) is 12.4. The highest BCUT2D eigenvalue weighted by Gasteiger charge is 2.10. The molecule has 0 aliphatic heterocycles. The molecule has 0 aliphatic carbocycles. The van der Waals surface area contributed by atoms with Crippen molar-refractivity contribution in [3.8, 4) is 0 Å². The molecule has 0 heterocycles. The monoisotopic (exact) mass is 243 g/mol. The van der Waals surface area contributed by atoms with E-state index < -0.39 is 0 Å². The lowest BCUT2D eigenvalue weighted by atomic mass is 10.0. The molecule has 0 aromatic carbocycles. The van der Waals surface area contributed by atoms with Crippen LogP contribution in [0.4, 0.5) is 0 Å². The van der Waals surface area contributed by atoms with Gasteiger partial charge in [-0.3, -0.25) is 0 Å². The van der Waals surface area contributed by atoms with Gasteiger partial charge in [0.15, 0.2) is 0 Å². The van der Waals surface area contributed by atoms with Crippen LogP contribution in [0.2, 0.25) is 0 Å². The van der Waals surface area contributed by atoms with Gasteiger partial charge >= 0.3 is 0 Å². The van der Waals surface area contributed by atoms with Gasteiger partial charge in [-0.1, -0.05) is 51.9 Å². The molecule has 0 saturated carbocycles. The van der Waals surface area contributed by atoms with Crippen molar-refractivity contribution in [1.29, 1.82) is 0 Å². The average molecular weight is 243 g/mol. The minimum Gasteiger partial charge on any atom is -0.382 e. The van der Waals surface area contributed by atoms with Gasteiger partial charge in [0.1, 0.15) is 0 Å². The van der Waals surface area contributed by atoms with Crippen LogP contribution in [0, 0.1) is 0 Å². The molecule has 17 heavy (non-hydrogen) atoms. The Bertz CT molecular complexity index is 150. The van der Waals surface area contributed by atoms with E-state index in [4.69, 9.17) is 4.74 Å². The Balaban J connectivity index is 3.37. The van der Waals surface area contributed by atoms with Crippen LogP contribution in [0.15, 0.2) is 0 Å². The smallest absolute Gasteiger partial charge is 0.0558 e. The molecule has 1 N–H and O–H groups in total. The van der Waals surface area contributed by atoms with Gasteiger partial charge in [-0.15, -0.1) is 0 Å². The maximum absolute atomic E-state index is 5.31. The third-order valence-electron chi connectivity index (χ3n) is 3.58. The molecule has 104 valence electrons. The first kappa shape index (κ1) is 16.9. The highest BCUT2D eigenvalue weighted by Crippen LogP contribution is 2.12. The van der Waals surface area contributed by atoms with E-state index in [1.54, 1.807) is 7.11 Å². The molecular weight excluding hydrogens is 210 g/mol. The minimum atomic E-state index is 0.372. The zero-order valence-electron chi connectivity index (χ0n) is 12.4. The van der Waals surface area contributed by atoms with E-state index in [1.807, 2.05) is 0 Å². The molecule has 2 heteroatoms. The number of rotatable bonds is 12. The summed E-state index contributed by atoms with van der Waals surface area (Å²) in [6.45, 7) is 4.42. The summed E-state index contributed by atoms with van der Waals surface area (Å²) in [6, 6.07) is 0.626. The van der Waals surface area contributed by atoms with Gasteiger partial charge in [-0.25, -0.2) is 0 Å². The fourth-order valence-electron chi connectivity index (χ4n) is 2.22. The number of hydrogen-bond acceptors (Lipinski definition) is 2. The number of hydrogen-bond donors (Lipinski definition) is 1. The number of unbranched alkanes of at least 4 members (excludes halogenated alkanes) is 6. The fraction of sp³-hybridized carbons (Fsp3) is 1.00. The van der Waals surface area contributed by atoms with Crippen LogP contribution in [0.1, 0.15) is 71.6 Å². The first-order valence-corrected chi connectivity index (χ1v) is 7.44. The lowest BCUT2D eigenvalue weighted by Crippen LogP contribution is -2.29. The third kappa shape index (κ3) is 10.8. The summed E-state index contributed by atoms with van der Waals surface area (Å²) < 4.78 is 5.31. The van der Waals surface area contributed by atoms with Crippen LogP contribution in [0.3, 0.4) is 0 Å². The minimum absolute atomic E-state index is 0.372. The lowest BCUT2D eigenvalue weighted by Gasteiger charge is -2.19. The Morgan fingerprint density at radius 1 is 1.00 bits per heavy atom. The predicted molar refractivity (Wildman–Crippen MR) is 76.5 cm³/mol. The van der Waals surface area contributed by atoms with Crippen LogP contribution in [0.5, 0.6) is 0 Å². The van der Waals surface area contributed by atoms with Crippen LogP contribution in [0.25, 0.3) is 0 Å². The molecule has 0 aliphatic rings. The summed E-state index contributed by atoms with van der Waals surface area (Å²) >= 11 is 0. The molecule has 0 amide bonds. The summed E-state index contributed by atoms with van der Waals surface area (Å²) in [7, 11) is 3.86. The standard InChI is InChI=1S/C15H33NO/c1-5-6-7-8-9-10-11-12-15(16-3)13-14(2)17-4/h14-16H,5-13H2,1-4H3. The maximum Gasteiger partial charge on any atom is 0.0558 e. The Morgan fingerprint density at radius 2 is 1.59 bits per heavy atom. The second-order valence-corrected chi connectivity index (χ2v) is 5.18. The first-order valence-electron chi connectivity index (χ1n) is 7.44. The highest BCUT2D eigenvalue weighted by atomic mass is 16.5. The predicted octanol–water partition coefficient (Wildman–Crippen LogP) is 4.14. The van der Waals surface area contributed by atoms with Gasteiger partial charge in [0.25, 0.3) is 0 Å². The Labute approximate surface area is 109 Å². The molecule has 0 rings (SSSR count). The van der Waals surface area contributed by atoms with Crippen LogP contribution >= 0.6 is 0 Å². The van der Waals surface area contributed by atoms with Gasteiger partial charge in [0.05, 0.1) is 6.10 Å². The molecule has 0 aromatic rings. The molecule has 2 unspecified atom stereocenters. The Hall–Kier alpha value is -0.0800. The lowest BCUT2D eigenvalue weighted by molar-refractivity contribution is 0.0999. The summed E-state index contributed by atoms with van der Waals surface area (Å²) in [5.74, 6) is 0. The fourth-order valence-corrected chi connectivity index (χ4v) is 2.22. The molecule has 0 radical (unpaired) electrons. The molecule has 0 saturated heterocycles. The van der Waals surface area contributed by atoms with Crippen molar-refractivity contribution >= 4 is 0 Å². The maximum atomic E-state index is 5.31. The molecule has 0 aromatic heterocycles. The van der Waals surface area contributed by atoms with E-state index in [-0.39, 0.29) is 0 Å². The van der Waals surface area contributed by atoms with Crippen molar-refractivity contribution in [2.75, 3.05) is 14.2 Å². The van der Waals surface area contributed by atoms with Crippen molar-refractivity contribution < 1.29 is 4.74 Å². The first-order chi connectivity index (χ1) is 8.24. The molecule has 0 bridgehead atoms. The molecular formula is C15H33NO. The van der Waals surface area contributed by atoms with Crippen LogP contribution in [-0.4, -0.2) is 26.3 Å². The van der Waals surface area contributed by atoms with Gasteiger partial charge < -0.3 is 10.1 Å². The molecule has 0 spiro atoms. The summed E-state index contributed by atoms with van der Waals surface area (Å²) in [4.78, 5) is 0. The largest absolute Gasteiger partial charge is 0.382 e. The quantitative estimate of drug-likeness (QED) is 0.520. The average Bonchev–Trinajstić information content (AvgIpc) is 2.35. The SMILES string of the molecule is CCCCCCCCCC(CC(C)OC)NC. The normalized spacial score (nSPS) is 14.8. The molecule has 0 fully saturated rings. The van der Waals surface area contributed by atoms with Crippen molar-refractivity contribution in [2.45, 2.75) is 83.8 Å². The number of ether oxygens (including phenoxy) is 1. The van der Waals surface area contributed by atoms with E-state index in [0.717, 1.165) is 6.42 Å². The van der Waals surface area contributed by atoms with Crippen LogP contribution < -0.4 is 5.32 Å². The zero-order chi connectivity index (χ0) is 12.9. The summed E-state index contributed by atoms with van der Waals surface area (Å²) in [5.41, 5.74) is 0. The van der Waals surface area contributed by atoms with E-state index in [0.29, 0.717) is 12.1 Å². The second kappa shape index (κ2) is 12.4. The third-order valence-corrected chi connectivity index (χ3v) is 3.58. The van der Waals surface area contributed by atoms with Crippen molar-refractivity contribution in [2.24, 2.45) is 0 Å². The second-order valence-electron chi connectivity index (χ2n) is 5.18. The van der Waals surface area contributed by atoms with Gasteiger partial charge in [0.2, 0.25) is 0 Å². The summed E-state index contributed by atoms with van der Waals surface area (Å²) in [5, 5.41) is 3.40. The van der Waals surface area contributed by atoms with Crippen molar-refractivity contribution in [1.82, 2.24) is 5.32 Å². The topological polar surface area (TPSA) is 21.3 Å². The van der Waals surface area contributed by atoms with Crippen LogP contribution in [-0.2, 0) is 4.74 Å².